The Labute approximate surface area is 114 Å². The highest BCUT2D eigenvalue weighted by Gasteiger charge is 2.32. The van der Waals surface area contributed by atoms with Gasteiger partial charge in [0.25, 0.3) is 0 Å². The monoisotopic (exact) mass is 265 g/mol. The van der Waals surface area contributed by atoms with E-state index in [0.29, 0.717) is 17.0 Å². The first kappa shape index (κ1) is 14.1. The van der Waals surface area contributed by atoms with Crippen LogP contribution >= 0.6 is 0 Å². The van der Waals surface area contributed by atoms with Crippen molar-refractivity contribution in [2.45, 2.75) is 59.3 Å². The average molecular weight is 265 g/mol. The lowest BCUT2D eigenvalue weighted by Gasteiger charge is -2.36. The van der Waals surface area contributed by atoms with Crippen molar-refractivity contribution >= 4 is 5.97 Å². The van der Waals surface area contributed by atoms with Crippen molar-refractivity contribution in [2.75, 3.05) is 0 Å². The van der Waals surface area contributed by atoms with Gasteiger partial charge in [-0.2, -0.15) is 0 Å². The maximum Gasteiger partial charge on any atom is 0.373 e. The largest absolute Gasteiger partial charge is 0.475 e. The fraction of sp³-hybridized carbons (Fsp3) is 0.733. The van der Waals surface area contributed by atoms with Crippen molar-refractivity contribution in [2.24, 2.45) is 11.3 Å². The Hall–Kier alpha value is -1.32. The van der Waals surface area contributed by atoms with E-state index in [4.69, 9.17) is 9.52 Å². The van der Waals surface area contributed by atoms with E-state index in [2.05, 4.69) is 25.8 Å². The van der Waals surface area contributed by atoms with Gasteiger partial charge >= 0.3 is 5.97 Å². The molecule has 0 aromatic carbocycles. The summed E-state index contributed by atoms with van der Waals surface area (Å²) in [6.07, 6.45) is 4.41. The number of aryl methyl sites for hydroxylation is 1. The first-order valence-corrected chi connectivity index (χ1v) is 6.99. The molecule has 1 fully saturated rings. The van der Waals surface area contributed by atoms with Gasteiger partial charge in [-0.05, 0) is 43.9 Å². The SMILES string of the molecule is Cc1nc(C2CCC(C(C)(C)C)CC2)oc1C(=O)O. The van der Waals surface area contributed by atoms with Crippen molar-refractivity contribution in [3.63, 3.8) is 0 Å². The zero-order valence-corrected chi connectivity index (χ0v) is 12.2. The van der Waals surface area contributed by atoms with Gasteiger partial charge in [-0.1, -0.05) is 20.8 Å². The second-order valence-corrected chi connectivity index (χ2v) is 6.69. The van der Waals surface area contributed by atoms with Crippen LogP contribution in [0.15, 0.2) is 4.42 Å². The summed E-state index contributed by atoms with van der Waals surface area (Å²) in [5, 5.41) is 8.99. The highest BCUT2D eigenvalue weighted by Crippen LogP contribution is 2.43. The lowest BCUT2D eigenvalue weighted by atomic mass is 9.70. The molecule has 1 aliphatic rings. The summed E-state index contributed by atoms with van der Waals surface area (Å²) in [6.45, 7) is 8.55. The fourth-order valence-corrected chi connectivity index (χ4v) is 3.00. The molecule has 0 bridgehead atoms. The number of hydrogen-bond acceptors (Lipinski definition) is 3. The van der Waals surface area contributed by atoms with Crippen molar-refractivity contribution in [3.8, 4) is 0 Å². The Morgan fingerprint density at radius 3 is 2.26 bits per heavy atom. The molecule has 0 unspecified atom stereocenters. The summed E-state index contributed by atoms with van der Waals surface area (Å²) in [7, 11) is 0. The number of hydrogen-bond donors (Lipinski definition) is 1. The van der Waals surface area contributed by atoms with E-state index in [1.807, 2.05) is 0 Å². The summed E-state index contributed by atoms with van der Waals surface area (Å²) < 4.78 is 5.43. The van der Waals surface area contributed by atoms with E-state index >= 15 is 0 Å². The van der Waals surface area contributed by atoms with Gasteiger partial charge in [-0.15, -0.1) is 0 Å². The van der Waals surface area contributed by atoms with Crippen molar-refractivity contribution in [3.05, 3.63) is 17.3 Å². The first-order valence-electron chi connectivity index (χ1n) is 6.99. The third-order valence-electron chi connectivity index (χ3n) is 4.31. The number of carbonyl (C=O) groups is 1. The Bertz CT molecular complexity index is 462. The molecule has 0 spiro atoms. The molecule has 0 aliphatic heterocycles. The minimum absolute atomic E-state index is 0.00653. The number of aromatic nitrogens is 1. The molecule has 19 heavy (non-hydrogen) atoms. The third kappa shape index (κ3) is 2.99. The standard InChI is InChI=1S/C15H23NO3/c1-9-12(14(17)18)19-13(16-9)10-5-7-11(8-6-10)15(2,3)4/h10-11H,5-8H2,1-4H3,(H,17,18). The molecule has 2 rings (SSSR count). The van der Waals surface area contributed by atoms with Crippen LogP contribution in [0.4, 0.5) is 0 Å². The smallest absolute Gasteiger partial charge is 0.373 e. The normalized spacial score (nSPS) is 24.4. The number of carboxylic acids is 1. The van der Waals surface area contributed by atoms with Crippen molar-refractivity contribution in [1.82, 2.24) is 4.98 Å². The Kier molecular flexibility index (Phi) is 3.70. The molecule has 4 nitrogen and oxygen atoms in total. The van der Waals surface area contributed by atoms with Crippen LogP contribution in [0.25, 0.3) is 0 Å². The molecule has 0 amide bonds. The van der Waals surface area contributed by atoms with Crippen LogP contribution in [0.1, 0.15) is 74.5 Å². The summed E-state index contributed by atoms with van der Waals surface area (Å²) in [6, 6.07) is 0. The molecule has 1 aromatic heterocycles. The van der Waals surface area contributed by atoms with Gasteiger partial charge in [0.1, 0.15) is 0 Å². The first-order chi connectivity index (χ1) is 8.79. The molecule has 1 aromatic rings. The molecule has 1 heterocycles. The van der Waals surface area contributed by atoms with Crippen LogP contribution in [0.5, 0.6) is 0 Å². The van der Waals surface area contributed by atoms with E-state index in [0.717, 1.165) is 31.6 Å². The number of oxazole rings is 1. The van der Waals surface area contributed by atoms with Gasteiger partial charge in [0.15, 0.2) is 5.89 Å². The van der Waals surface area contributed by atoms with Gasteiger partial charge < -0.3 is 9.52 Å². The Morgan fingerprint density at radius 2 is 1.84 bits per heavy atom. The molecule has 0 radical (unpaired) electrons. The minimum atomic E-state index is -1.03. The zero-order chi connectivity index (χ0) is 14.2. The Morgan fingerprint density at radius 1 is 1.26 bits per heavy atom. The van der Waals surface area contributed by atoms with Crippen LogP contribution in [-0.2, 0) is 0 Å². The van der Waals surface area contributed by atoms with Crippen LogP contribution in [-0.4, -0.2) is 16.1 Å². The van der Waals surface area contributed by atoms with Gasteiger partial charge in [0, 0.05) is 5.92 Å². The predicted octanol–water partition coefficient (Wildman–Crippen LogP) is 4.00. The molecule has 1 saturated carbocycles. The van der Waals surface area contributed by atoms with Crippen LogP contribution in [0.2, 0.25) is 0 Å². The Balaban J connectivity index is 2.06. The highest BCUT2D eigenvalue weighted by molar-refractivity contribution is 5.85. The fourth-order valence-electron chi connectivity index (χ4n) is 3.00. The molecule has 1 aliphatic carbocycles. The third-order valence-corrected chi connectivity index (χ3v) is 4.31. The van der Waals surface area contributed by atoms with E-state index in [1.165, 1.54) is 0 Å². The van der Waals surface area contributed by atoms with Gasteiger partial charge in [0.2, 0.25) is 5.76 Å². The van der Waals surface area contributed by atoms with E-state index in [1.54, 1.807) is 6.92 Å². The predicted molar refractivity (Wildman–Crippen MR) is 72.4 cm³/mol. The van der Waals surface area contributed by atoms with E-state index in [-0.39, 0.29) is 11.7 Å². The molecule has 0 saturated heterocycles. The summed E-state index contributed by atoms with van der Waals surface area (Å²) in [5.74, 6) is 0.596. The molecule has 1 N–H and O–H groups in total. The zero-order valence-electron chi connectivity index (χ0n) is 12.2. The van der Waals surface area contributed by atoms with E-state index in [9.17, 15) is 4.79 Å². The van der Waals surface area contributed by atoms with E-state index < -0.39 is 5.97 Å². The number of carboxylic acid groups (broad SMARTS) is 1. The second kappa shape index (κ2) is 4.99. The summed E-state index contributed by atoms with van der Waals surface area (Å²) in [5.41, 5.74) is 0.837. The maximum atomic E-state index is 11.0. The second-order valence-electron chi connectivity index (χ2n) is 6.69. The van der Waals surface area contributed by atoms with Crippen molar-refractivity contribution in [1.29, 1.82) is 0 Å². The quantitative estimate of drug-likeness (QED) is 0.877. The minimum Gasteiger partial charge on any atom is -0.475 e. The van der Waals surface area contributed by atoms with Crippen LogP contribution in [0.3, 0.4) is 0 Å². The van der Waals surface area contributed by atoms with Crippen LogP contribution < -0.4 is 0 Å². The lowest BCUT2D eigenvalue weighted by Crippen LogP contribution is -2.25. The lowest BCUT2D eigenvalue weighted by molar-refractivity contribution is 0.0657. The number of aromatic carboxylic acids is 1. The van der Waals surface area contributed by atoms with Gasteiger partial charge in [-0.3, -0.25) is 0 Å². The van der Waals surface area contributed by atoms with Gasteiger partial charge in [-0.25, -0.2) is 9.78 Å². The molecular weight excluding hydrogens is 242 g/mol. The molecule has 4 heteroatoms. The summed E-state index contributed by atoms with van der Waals surface area (Å²) >= 11 is 0. The molecule has 106 valence electrons. The highest BCUT2D eigenvalue weighted by atomic mass is 16.4. The van der Waals surface area contributed by atoms with Crippen LogP contribution in [0, 0.1) is 18.3 Å². The number of nitrogens with zero attached hydrogens (tertiary/aromatic N) is 1. The molecular formula is C15H23NO3. The maximum absolute atomic E-state index is 11.0. The molecule has 0 atom stereocenters. The summed E-state index contributed by atoms with van der Waals surface area (Å²) in [4.78, 5) is 15.3. The topological polar surface area (TPSA) is 63.3 Å². The van der Waals surface area contributed by atoms with Gasteiger partial charge in [0.05, 0.1) is 5.69 Å². The van der Waals surface area contributed by atoms with Crippen molar-refractivity contribution < 1.29 is 14.3 Å². The average Bonchev–Trinajstić information content (AvgIpc) is 2.70. The number of rotatable bonds is 2.